The SMILES string of the molecule is CCC(O)F.Oc1c(Cl)c(Cl)c(Cl)c(Cl)c1Cl. The molecule has 2 nitrogen and oxygen atoms in total. The smallest absolute Gasteiger partial charge is 0.196 e. The summed E-state index contributed by atoms with van der Waals surface area (Å²) in [6.45, 7) is 1.57. The molecule has 1 aromatic rings. The number of aliphatic hydroxyl groups is 1. The number of aliphatic hydroxyl groups excluding tert-OH is 1. The summed E-state index contributed by atoms with van der Waals surface area (Å²) in [6, 6.07) is 0. The van der Waals surface area contributed by atoms with Crippen LogP contribution in [0.25, 0.3) is 0 Å². The minimum atomic E-state index is -1.62. The number of halogens is 6. The number of phenols is 1. The first-order valence-corrected chi connectivity index (χ1v) is 6.15. The molecule has 0 saturated carbocycles. The molecule has 98 valence electrons. The molecule has 2 N–H and O–H groups in total. The number of rotatable bonds is 1. The van der Waals surface area contributed by atoms with Gasteiger partial charge < -0.3 is 10.2 Å². The Hall–Kier alpha value is 0.360. The molecule has 0 fully saturated rings. The zero-order chi connectivity index (χ0) is 13.7. The third kappa shape index (κ3) is 4.86. The zero-order valence-corrected chi connectivity index (χ0v) is 12.2. The van der Waals surface area contributed by atoms with Crippen LogP contribution in [0.3, 0.4) is 0 Å². The molecule has 0 heterocycles. The number of hydrogen-bond donors (Lipinski definition) is 2. The van der Waals surface area contributed by atoms with Gasteiger partial charge in [0.2, 0.25) is 0 Å². The van der Waals surface area contributed by atoms with E-state index in [0.29, 0.717) is 0 Å². The molecule has 8 heteroatoms. The van der Waals surface area contributed by atoms with Gasteiger partial charge >= 0.3 is 0 Å². The molecule has 0 amide bonds. The topological polar surface area (TPSA) is 40.5 Å². The molecule has 0 saturated heterocycles. The van der Waals surface area contributed by atoms with E-state index in [1.165, 1.54) is 0 Å². The van der Waals surface area contributed by atoms with Gasteiger partial charge in [0.1, 0.15) is 10.0 Å². The Morgan fingerprint density at radius 2 is 1.18 bits per heavy atom. The number of benzene rings is 1. The lowest BCUT2D eigenvalue weighted by Gasteiger charge is -2.06. The van der Waals surface area contributed by atoms with Gasteiger partial charge in [0, 0.05) is 6.42 Å². The van der Waals surface area contributed by atoms with Gasteiger partial charge in [0.25, 0.3) is 0 Å². The second-order valence-electron chi connectivity index (χ2n) is 2.76. The first kappa shape index (κ1) is 17.4. The largest absolute Gasteiger partial charge is 0.505 e. The first-order chi connectivity index (χ1) is 7.73. The van der Waals surface area contributed by atoms with Gasteiger partial charge in [0.05, 0.1) is 15.1 Å². The minimum Gasteiger partial charge on any atom is -0.505 e. The summed E-state index contributed by atoms with van der Waals surface area (Å²) in [5, 5.41) is 16.7. The maximum atomic E-state index is 11.0. The average Bonchev–Trinajstić information content (AvgIpc) is 2.32. The fourth-order valence-electron chi connectivity index (χ4n) is 0.593. The maximum Gasteiger partial charge on any atom is 0.196 e. The Bertz CT molecular complexity index is 292. The Morgan fingerprint density at radius 3 is 1.41 bits per heavy atom. The van der Waals surface area contributed by atoms with Gasteiger partial charge in [-0.05, 0) is 0 Å². The Balaban J connectivity index is 0.000000437. The van der Waals surface area contributed by atoms with Crippen molar-refractivity contribution in [2.24, 2.45) is 0 Å². The standard InChI is InChI=1S/C6HCl5O.C3H7FO/c7-1-2(8)4(10)6(12)5(11)3(1)9;1-2-3(4)5/h12H;3,5H,2H2,1H3. The Morgan fingerprint density at radius 1 is 0.941 bits per heavy atom. The van der Waals surface area contributed by atoms with Crippen LogP contribution < -0.4 is 0 Å². The molecule has 0 aromatic heterocycles. The van der Waals surface area contributed by atoms with Gasteiger partial charge in [-0.1, -0.05) is 64.9 Å². The Labute approximate surface area is 123 Å². The fourth-order valence-corrected chi connectivity index (χ4v) is 1.72. The third-order valence-electron chi connectivity index (χ3n) is 1.52. The van der Waals surface area contributed by atoms with Crippen LogP contribution in [-0.2, 0) is 0 Å². The van der Waals surface area contributed by atoms with Gasteiger partial charge in [-0.3, -0.25) is 0 Å². The molecule has 1 aromatic carbocycles. The van der Waals surface area contributed by atoms with Crippen molar-refractivity contribution in [3.8, 4) is 5.75 Å². The van der Waals surface area contributed by atoms with Crippen LogP contribution in [-0.4, -0.2) is 16.6 Å². The monoisotopic (exact) mass is 342 g/mol. The number of phenolic OH excluding ortho intramolecular Hbond substituents is 1. The van der Waals surface area contributed by atoms with E-state index in [9.17, 15) is 9.50 Å². The Kier molecular flexibility index (Phi) is 7.88. The zero-order valence-electron chi connectivity index (χ0n) is 8.45. The molecule has 0 bridgehead atoms. The van der Waals surface area contributed by atoms with E-state index in [1.807, 2.05) is 0 Å². The van der Waals surface area contributed by atoms with Crippen LogP contribution >= 0.6 is 58.0 Å². The van der Waals surface area contributed by atoms with Gasteiger partial charge in [-0.25, -0.2) is 4.39 Å². The summed E-state index contributed by atoms with van der Waals surface area (Å²) in [5.74, 6) is -0.363. The highest BCUT2D eigenvalue weighted by Gasteiger charge is 2.18. The highest BCUT2D eigenvalue weighted by molar-refractivity contribution is 6.55. The minimum absolute atomic E-state index is 0.00904. The fraction of sp³-hybridized carbons (Fsp3) is 0.333. The molecule has 17 heavy (non-hydrogen) atoms. The molecule has 0 aliphatic rings. The van der Waals surface area contributed by atoms with E-state index >= 15 is 0 Å². The quantitative estimate of drug-likeness (QED) is 0.533. The molecule has 0 spiro atoms. The number of aromatic hydroxyl groups is 1. The van der Waals surface area contributed by atoms with Crippen molar-refractivity contribution in [1.29, 1.82) is 0 Å². The highest BCUT2D eigenvalue weighted by atomic mass is 35.5. The van der Waals surface area contributed by atoms with Crippen LogP contribution in [0.15, 0.2) is 0 Å². The number of hydrogen-bond acceptors (Lipinski definition) is 2. The molecule has 0 aliphatic heterocycles. The van der Waals surface area contributed by atoms with Crippen molar-refractivity contribution >= 4 is 58.0 Å². The van der Waals surface area contributed by atoms with Gasteiger partial charge in [0.15, 0.2) is 12.1 Å². The van der Waals surface area contributed by atoms with Crippen molar-refractivity contribution < 1.29 is 14.6 Å². The first-order valence-electron chi connectivity index (χ1n) is 4.26. The van der Waals surface area contributed by atoms with E-state index < -0.39 is 6.36 Å². The van der Waals surface area contributed by atoms with Crippen molar-refractivity contribution in [3.63, 3.8) is 0 Å². The van der Waals surface area contributed by atoms with Crippen molar-refractivity contribution in [2.75, 3.05) is 0 Å². The molecular formula is C9H8Cl5FO2. The van der Waals surface area contributed by atoms with Crippen LogP contribution in [0.5, 0.6) is 5.75 Å². The normalized spacial score (nSPS) is 11.8. The summed E-state index contributed by atoms with van der Waals surface area (Å²) in [5.41, 5.74) is 0. The third-order valence-corrected chi connectivity index (χ3v) is 3.78. The molecule has 0 radical (unpaired) electrons. The lowest BCUT2D eigenvalue weighted by Crippen LogP contribution is -1.90. The molecule has 1 atom stereocenters. The predicted molar refractivity (Wildman–Crippen MR) is 70.6 cm³/mol. The second-order valence-corrected chi connectivity index (χ2v) is 4.65. The summed E-state index contributed by atoms with van der Waals surface area (Å²) in [7, 11) is 0. The van der Waals surface area contributed by atoms with Gasteiger partial charge in [-0.15, -0.1) is 0 Å². The molecular weight excluding hydrogens is 336 g/mol. The summed E-state index contributed by atoms with van der Waals surface area (Å²) in [6.07, 6.45) is -1.42. The van der Waals surface area contributed by atoms with Crippen molar-refractivity contribution in [3.05, 3.63) is 25.1 Å². The van der Waals surface area contributed by atoms with E-state index in [0.717, 1.165) is 0 Å². The van der Waals surface area contributed by atoms with E-state index in [-0.39, 0.29) is 37.3 Å². The lowest BCUT2D eigenvalue weighted by atomic mass is 10.3. The highest BCUT2D eigenvalue weighted by Crippen LogP contribution is 2.47. The van der Waals surface area contributed by atoms with Crippen molar-refractivity contribution in [1.82, 2.24) is 0 Å². The van der Waals surface area contributed by atoms with Crippen LogP contribution in [0, 0.1) is 0 Å². The maximum absolute atomic E-state index is 11.0. The molecule has 0 aliphatic carbocycles. The lowest BCUT2D eigenvalue weighted by molar-refractivity contribution is 0.0391. The van der Waals surface area contributed by atoms with Crippen LogP contribution in [0.2, 0.25) is 25.1 Å². The van der Waals surface area contributed by atoms with Crippen LogP contribution in [0.4, 0.5) is 4.39 Å². The molecule has 1 unspecified atom stereocenters. The van der Waals surface area contributed by atoms with Crippen molar-refractivity contribution in [2.45, 2.75) is 19.7 Å². The number of alkyl halides is 1. The van der Waals surface area contributed by atoms with E-state index in [1.54, 1.807) is 6.92 Å². The van der Waals surface area contributed by atoms with Gasteiger partial charge in [-0.2, -0.15) is 0 Å². The van der Waals surface area contributed by atoms with E-state index in [2.05, 4.69) is 0 Å². The summed E-state index contributed by atoms with van der Waals surface area (Å²) in [4.78, 5) is 0. The van der Waals surface area contributed by atoms with Crippen LogP contribution in [0.1, 0.15) is 13.3 Å². The summed E-state index contributed by atoms with van der Waals surface area (Å²) < 4.78 is 11.0. The summed E-state index contributed by atoms with van der Waals surface area (Å²) >= 11 is 27.9. The van der Waals surface area contributed by atoms with E-state index in [4.69, 9.17) is 63.1 Å². The molecule has 1 rings (SSSR count). The second kappa shape index (κ2) is 7.72. The predicted octanol–water partition coefficient (Wildman–Crippen LogP) is 5.34. The average molecular weight is 344 g/mol.